The van der Waals surface area contributed by atoms with Crippen LogP contribution in [0.5, 0.6) is 0 Å². The number of carbonyl (C=O) groups is 2. The summed E-state index contributed by atoms with van der Waals surface area (Å²) in [7, 11) is 0. The molecule has 0 aliphatic carbocycles. The second-order valence-corrected chi connectivity index (χ2v) is 6.89. The number of rotatable bonds is 4. The molecule has 0 saturated carbocycles. The molecule has 6 heteroatoms. The van der Waals surface area contributed by atoms with Crippen LogP contribution >= 0.6 is 0 Å². The fourth-order valence-corrected chi connectivity index (χ4v) is 3.41. The third-order valence-electron chi connectivity index (χ3n) is 4.96. The van der Waals surface area contributed by atoms with Gasteiger partial charge in [0.05, 0.1) is 19.3 Å². The molecular formula is C19H27N3O3. The Bertz CT molecular complexity index is 609. The molecule has 2 heterocycles. The predicted octanol–water partition coefficient (Wildman–Crippen LogP) is 1.26. The van der Waals surface area contributed by atoms with E-state index in [0.29, 0.717) is 26.2 Å². The Morgan fingerprint density at radius 2 is 1.76 bits per heavy atom. The zero-order valence-corrected chi connectivity index (χ0v) is 15.1. The molecule has 0 spiro atoms. The maximum atomic E-state index is 12.4. The van der Waals surface area contributed by atoms with E-state index < -0.39 is 0 Å². The molecule has 1 atom stereocenters. The summed E-state index contributed by atoms with van der Waals surface area (Å²) in [4.78, 5) is 30.3. The molecule has 0 aromatic heterocycles. The Balaban J connectivity index is 1.48. The molecule has 3 rings (SSSR count). The molecule has 1 aromatic carbocycles. The first-order valence-electron chi connectivity index (χ1n) is 9.00. The number of piperazine rings is 1. The van der Waals surface area contributed by atoms with E-state index in [1.54, 1.807) is 6.92 Å². The lowest BCUT2D eigenvalue weighted by Gasteiger charge is -2.37. The molecule has 1 aromatic rings. The minimum atomic E-state index is 0.0901. The van der Waals surface area contributed by atoms with Crippen LogP contribution in [0.1, 0.15) is 24.2 Å². The number of nitrogens with zero attached hydrogens (tertiary/aromatic N) is 3. The number of Topliss-reactive ketones (excluding diaryl/α,β-unsaturated/α-hetero) is 1. The molecule has 2 saturated heterocycles. The van der Waals surface area contributed by atoms with Crippen molar-refractivity contribution in [2.24, 2.45) is 0 Å². The largest absolute Gasteiger partial charge is 0.375 e. The van der Waals surface area contributed by atoms with Crippen molar-refractivity contribution in [1.29, 1.82) is 0 Å². The minimum absolute atomic E-state index is 0.0901. The van der Waals surface area contributed by atoms with Crippen molar-refractivity contribution in [2.45, 2.75) is 20.0 Å². The van der Waals surface area contributed by atoms with E-state index in [-0.39, 0.29) is 17.8 Å². The normalized spacial score (nSPS) is 22.1. The second kappa shape index (κ2) is 7.97. The average Bonchev–Trinajstić information content (AvgIpc) is 2.62. The number of amides is 1. The van der Waals surface area contributed by atoms with Gasteiger partial charge in [-0.2, -0.15) is 0 Å². The van der Waals surface area contributed by atoms with Gasteiger partial charge in [0.15, 0.2) is 5.78 Å². The molecule has 25 heavy (non-hydrogen) atoms. The summed E-state index contributed by atoms with van der Waals surface area (Å²) in [5, 5.41) is 0. The van der Waals surface area contributed by atoms with Gasteiger partial charge in [-0.15, -0.1) is 0 Å². The van der Waals surface area contributed by atoms with Crippen LogP contribution < -0.4 is 4.90 Å². The van der Waals surface area contributed by atoms with Crippen molar-refractivity contribution in [2.75, 3.05) is 57.3 Å². The van der Waals surface area contributed by atoms with Gasteiger partial charge in [-0.1, -0.05) is 0 Å². The number of ketones is 1. The van der Waals surface area contributed by atoms with E-state index in [1.807, 2.05) is 36.1 Å². The van der Waals surface area contributed by atoms with Gasteiger partial charge in [-0.05, 0) is 38.1 Å². The molecule has 2 aliphatic heterocycles. The van der Waals surface area contributed by atoms with Crippen LogP contribution in [0.2, 0.25) is 0 Å². The van der Waals surface area contributed by atoms with Crippen LogP contribution in [-0.2, 0) is 9.53 Å². The van der Waals surface area contributed by atoms with Gasteiger partial charge in [0, 0.05) is 50.5 Å². The molecular weight excluding hydrogens is 318 g/mol. The van der Waals surface area contributed by atoms with Gasteiger partial charge in [0.1, 0.15) is 0 Å². The Hall–Kier alpha value is -1.92. The van der Waals surface area contributed by atoms with Crippen LogP contribution in [0.25, 0.3) is 0 Å². The number of ether oxygens (including phenoxy) is 1. The van der Waals surface area contributed by atoms with Crippen molar-refractivity contribution >= 4 is 17.4 Å². The standard InChI is InChI=1S/C19H27N3O3/c1-15-13-22(11-12-25-15)19(24)14-20-7-9-21(10-8-20)18-5-3-17(4-6-18)16(2)23/h3-6,15H,7-14H2,1-2H3/t15-/m1/s1. The smallest absolute Gasteiger partial charge is 0.236 e. The lowest BCUT2D eigenvalue weighted by Crippen LogP contribution is -2.52. The maximum absolute atomic E-state index is 12.4. The lowest BCUT2D eigenvalue weighted by molar-refractivity contribution is -0.139. The summed E-state index contributed by atoms with van der Waals surface area (Å²) in [5.41, 5.74) is 1.88. The van der Waals surface area contributed by atoms with Gasteiger partial charge in [-0.25, -0.2) is 0 Å². The van der Waals surface area contributed by atoms with Gasteiger partial charge < -0.3 is 14.5 Å². The fourth-order valence-electron chi connectivity index (χ4n) is 3.41. The highest BCUT2D eigenvalue weighted by atomic mass is 16.5. The Kier molecular flexibility index (Phi) is 5.71. The van der Waals surface area contributed by atoms with E-state index in [1.165, 1.54) is 0 Å². The summed E-state index contributed by atoms with van der Waals surface area (Å²) in [6, 6.07) is 7.78. The monoisotopic (exact) mass is 345 g/mol. The summed E-state index contributed by atoms with van der Waals surface area (Å²) < 4.78 is 5.50. The highest BCUT2D eigenvalue weighted by Crippen LogP contribution is 2.18. The average molecular weight is 345 g/mol. The van der Waals surface area contributed by atoms with E-state index in [2.05, 4.69) is 9.80 Å². The molecule has 0 unspecified atom stereocenters. The third-order valence-corrected chi connectivity index (χ3v) is 4.96. The van der Waals surface area contributed by atoms with Crippen molar-refractivity contribution in [1.82, 2.24) is 9.80 Å². The van der Waals surface area contributed by atoms with Gasteiger partial charge in [0.25, 0.3) is 0 Å². The quantitative estimate of drug-likeness (QED) is 0.769. The number of carbonyl (C=O) groups excluding carboxylic acids is 2. The van der Waals surface area contributed by atoms with E-state index >= 15 is 0 Å². The predicted molar refractivity (Wildman–Crippen MR) is 97.1 cm³/mol. The molecule has 0 radical (unpaired) electrons. The van der Waals surface area contributed by atoms with Crippen LogP contribution in [0.3, 0.4) is 0 Å². The zero-order valence-electron chi connectivity index (χ0n) is 15.1. The zero-order chi connectivity index (χ0) is 17.8. The Labute approximate surface area is 149 Å². The maximum Gasteiger partial charge on any atom is 0.236 e. The van der Waals surface area contributed by atoms with Crippen LogP contribution in [0.4, 0.5) is 5.69 Å². The summed E-state index contributed by atoms with van der Waals surface area (Å²) in [6.07, 6.45) is 0.132. The number of anilines is 1. The third kappa shape index (κ3) is 4.58. The fraction of sp³-hybridized carbons (Fsp3) is 0.579. The van der Waals surface area contributed by atoms with Crippen LogP contribution in [0, 0.1) is 0 Å². The topological polar surface area (TPSA) is 53.1 Å². The summed E-state index contributed by atoms with van der Waals surface area (Å²) in [5.74, 6) is 0.293. The second-order valence-electron chi connectivity index (χ2n) is 6.89. The minimum Gasteiger partial charge on any atom is -0.375 e. The highest BCUT2D eigenvalue weighted by Gasteiger charge is 2.25. The molecule has 0 bridgehead atoms. The number of morpholine rings is 1. The molecule has 2 aliphatic rings. The number of hydrogen-bond acceptors (Lipinski definition) is 5. The molecule has 6 nitrogen and oxygen atoms in total. The van der Waals surface area contributed by atoms with Crippen molar-refractivity contribution in [3.63, 3.8) is 0 Å². The first kappa shape index (κ1) is 17.9. The number of benzene rings is 1. The summed E-state index contributed by atoms with van der Waals surface area (Å²) in [6.45, 7) is 9.65. The van der Waals surface area contributed by atoms with Crippen molar-refractivity contribution < 1.29 is 14.3 Å². The lowest BCUT2D eigenvalue weighted by atomic mass is 10.1. The van der Waals surface area contributed by atoms with Gasteiger partial charge in [-0.3, -0.25) is 14.5 Å². The van der Waals surface area contributed by atoms with Crippen LogP contribution in [-0.4, -0.2) is 80.0 Å². The van der Waals surface area contributed by atoms with Crippen molar-refractivity contribution in [3.8, 4) is 0 Å². The molecule has 136 valence electrons. The van der Waals surface area contributed by atoms with Crippen LogP contribution in [0.15, 0.2) is 24.3 Å². The SMILES string of the molecule is CC(=O)c1ccc(N2CCN(CC(=O)N3CCO[C@H](C)C3)CC2)cc1. The number of hydrogen-bond donors (Lipinski definition) is 0. The van der Waals surface area contributed by atoms with Gasteiger partial charge in [0.2, 0.25) is 5.91 Å². The first-order valence-corrected chi connectivity index (χ1v) is 9.00. The van der Waals surface area contributed by atoms with E-state index in [9.17, 15) is 9.59 Å². The Morgan fingerprint density at radius 1 is 1.08 bits per heavy atom. The molecule has 2 fully saturated rings. The summed E-state index contributed by atoms with van der Waals surface area (Å²) >= 11 is 0. The molecule has 1 amide bonds. The van der Waals surface area contributed by atoms with Crippen molar-refractivity contribution in [3.05, 3.63) is 29.8 Å². The highest BCUT2D eigenvalue weighted by molar-refractivity contribution is 5.94. The first-order chi connectivity index (χ1) is 12.0. The van der Waals surface area contributed by atoms with E-state index in [0.717, 1.165) is 37.4 Å². The molecule has 0 N–H and O–H groups in total. The van der Waals surface area contributed by atoms with E-state index in [4.69, 9.17) is 4.74 Å². The Morgan fingerprint density at radius 3 is 2.36 bits per heavy atom. The van der Waals surface area contributed by atoms with Gasteiger partial charge >= 0.3 is 0 Å².